The average molecular weight is 555 g/mol. The summed E-state index contributed by atoms with van der Waals surface area (Å²) in [7, 11) is 0. The molecule has 2 aliphatic rings. The number of amides is 2. The number of β-amino-alcohol motifs (C(OH)–C–C–N with tert-alkyl or cyclic N) is 1. The highest BCUT2D eigenvalue weighted by atomic mass is 19.1. The van der Waals surface area contributed by atoms with E-state index in [2.05, 4.69) is 15.4 Å². The van der Waals surface area contributed by atoms with E-state index < -0.39 is 29.2 Å². The molecule has 1 fully saturated rings. The van der Waals surface area contributed by atoms with Crippen molar-refractivity contribution in [3.63, 3.8) is 0 Å². The van der Waals surface area contributed by atoms with Gasteiger partial charge in [-0.05, 0) is 37.3 Å². The first-order chi connectivity index (χ1) is 19.2. The number of ether oxygens (including phenoxy) is 1. The van der Waals surface area contributed by atoms with Crippen molar-refractivity contribution in [2.45, 2.75) is 25.5 Å². The number of esters is 1. The molecule has 12 nitrogen and oxygen atoms in total. The molecule has 0 bridgehead atoms. The van der Waals surface area contributed by atoms with E-state index in [1.54, 1.807) is 58.1 Å². The van der Waals surface area contributed by atoms with Crippen LogP contribution < -0.4 is 4.90 Å². The Bertz CT molecular complexity index is 1400. The van der Waals surface area contributed by atoms with Crippen molar-refractivity contribution < 1.29 is 28.2 Å². The van der Waals surface area contributed by atoms with Gasteiger partial charge in [0.25, 0.3) is 0 Å². The molecule has 1 aromatic heterocycles. The molecule has 1 N–H and O–H groups in total. The van der Waals surface area contributed by atoms with Crippen molar-refractivity contribution in [3.8, 4) is 5.69 Å². The Labute approximate surface area is 228 Å². The second kappa shape index (κ2) is 10.9. The Morgan fingerprint density at radius 3 is 2.58 bits per heavy atom. The molecule has 2 aromatic carbocycles. The fraction of sp³-hybridized carbons (Fsp3) is 0.346. The van der Waals surface area contributed by atoms with E-state index in [0.29, 0.717) is 18.3 Å². The number of carbonyl (C=O) groups excluding carboxylic acids is 2. The molecule has 2 amide bonds. The normalized spacial score (nSPS) is 17.5. The Morgan fingerprint density at radius 2 is 1.90 bits per heavy atom. The van der Waals surface area contributed by atoms with Crippen LogP contribution in [0.3, 0.4) is 0 Å². The minimum absolute atomic E-state index is 0.0521. The number of aromatic nitrogens is 3. The van der Waals surface area contributed by atoms with Crippen LogP contribution in [0.25, 0.3) is 5.69 Å². The summed E-state index contributed by atoms with van der Waals surface area (Å²) < 4.78 is 35.5. The summed E-state index contributed by atoms with van der Waals surface area (Å²) in [5.74, 6) is -2.20. The van der Waals surface area contributed by atoms with E-state index in [-0.39, 0.29) is 38.1 Å². The summed E-state index contributed by atoms with van der Waals surface area (Å²) >= 11 is 0. The maximum absolute atomic E-state index is 15.1. The monoisotopic (exact) mass is 554 g/mol. The van der Waals surface area contributed by atoms with Gasteiger partial charge in [0.2, 0.25) is 0 Å². The average Bonchev–Trinajstić information content (AvgIpc) is 3.69. The van der Waals surface area contributed by atoms with Crippen LogP contribution in [0, 0.1) is 11.6 Å². The molecule has 2 atom stereocenters. The minimum Gasteiger partial charge on any atom is -0.444 e. The fourth-order valence-corrected chi connectivity index (χ4v) is 4.87. The van der Waals surface area contributed by atoms with Gasteiger partial charge in [-0.2, -0.15) is 5.10 Å². The predicted octanol–water partition coefficient (Wildman–Crippen LogP) is 2.10. The van der Waals surface area contributed by atoms with Gasteiger partial charge in [-0.15, -0.1) is 5.10 Å². The summed E-state index contributed by atoms with van der Waals surface area (Å²) in [4.78, 5) is 29.3. The zero-order valence-corrected chi connectivity index (χ0v) is 21.9. The van der Waals surface area contributed by atoms with E-state index in [4.69, 9.17) is 4.74 Å². The smallest absolute Gasteiger partial charge is 0.324 e. The molecule has 40 heavy (non-hydrogen) atoms. The van der Waals surface area contributed by atoms with Crippen molar-refractivity contribution in [3.05, 3.63) is 72.1 Å². The zero-order valence-electron chi connectivity index (χ0n) is 21.9. The molecule has 210 valence electrons. The standard InChI is InChI=1S/C26H28F2N8O4/c1-18(34-11-12-35(25(34)38)21-4-6-22(7-5-21)36-10-9-29-31-36)26(39,23-8-3-20(27)13-24(23)28)14-33-16-32(15-30-33)17-40-19(2)37/h3-10,13,15,18,39H,11-12,14,16-17H2,1-2H3/t18-,26+/m1/s1. The third-order valence-electron chi connectivity index (χ3n) is 7.03. The van der Waals surface area contributed by atoms with Gasteiger partial charge in [0, 0.05) is 37.3 Å². The number of aliphatic hydroxyl groups is 1. The van der Waals surface area contributed by atoms with E-state index in [0.717, 1.165) is 11.8 Å². The van der Waals surface area contributed by atoms with E-state index in [9.17, 15) is 19.1 Å². The third-order valence-corrected chi connectivity index (χ3v) is 7.03. The van der Waals surface area contributed by atoms with Gasteiger partial charge in [0.15, 0.2) is 6.73 Å². The SMILES string of the molecule is CC(=O)OCN1C=NN(C[C@@](O)(c2ccc(F)cc2F)[C@@H](C)N2CCN(c3ccc(-n4ccnn4)cc3)C2=O)C1. The largest absolute Gasteiger partial charge is 0.444 e. The highest BCUT2D eigenvalue weighted by Crippen LogP contribution is 2.35. The van der Waals surface area contributed by atoms with Crippen LogP contribution in [0.4, 0.5) is 19.3 Å². The molecule has 0 spiro atoms. The lowest BCUT2D eigenvalue weighted by molar-refractivity contribution is -0.144. The molecule has 0 aliphatic carbocycles. The second-order valence-electron chi connectivity index (χ2n) is 9.61. The highest BCUT2D eigenvalue weighted by molar-refractivity contribution is 5.94. The Kier molecular flexibility index (Phi) is 7.34. The maximum atomic E-state index is 15.1. The van der Waals surface area contributed by atoms with Crippen molar-refractivity contribution in [2.24, 2.45) is 5.10 Å². The fourth-order valence-electron chi connectivity index (χ4n) is 4.87. The minimum atomic E-state index is -1.98. The van der Waals surface area contributed by atoms with Crippen LogP contribution in [0.2, 0.25) is 0 Å². The van der Waals surface area contributed by atoms with Gasteiger partial charge in [-0.1, -0.05) is 11.3 Å². The van der Waals surface area contributed by atoms with E-state index in [1.807, 2.05) is 0 Å². The third kappa shape index (κ3) is 5.30. The van der Waals surface area contributed by atoms with Crippen LogP contribution >= 0.6 is 0 Å². The summed E-state index contributed by atoms with van der Waals surface area (Å²) in [5, 5.41) is 25.5. The number of halogens is 2. The molecule has 2 aliphatic heterocycles. The first-order valence-corrected chi connectivity index (χ1v) is 12.5. The summed E-state index contributed by atoms with van der Waals surface area (Å²) in [6.45, 7) is 3.37. The summed E-state index contributed by atoms with van der Waals surface area (Å²) in [6.07, 6.45) is 4.70. The van der Waals surface area contributed by atoms with Gasteiger partial charge in [0.05, 0.1) is 30.7 Å². The molecular weight excluding hydrogens is 526 g/mol. The van der Waals surface area contributed by atoms with E-state index in [1.165, 1.54) is 29.2 Å². The number of hydrazone groups is 1. The zero-order chi connectivity index (χ0) is 28.4. The molecule has 0 radical (unpaired) electrons. The first kappa shape index (κ1) is 27.0. The van der Waals surface area contributed by atoms with Crippen LogP contribution in [0.1, 0.15) is 19.4 Å². The number of urea groups is 1. The van der Waals surface area contributed by atoms with Crippen molar-refractivity contribution in [1.29, 1.82) is 0 Å². The van der Waals surface area contributed by atoms with Crippen molar-refractivity contribution >= 4 is 24.0 Å². The molecule has 0 saturated carbocycles. The van der Waals surface area contributed by atoms with Crippen LogP contribution in [0.5, 0.6) is 0 Å². The second-order valence-corrected chi connectivity index (χ2v) is 9.61. The molecule has 5 rings (SSSR count). The highest BCUT2D eigenvalue weighted by Gasteiger charge is 2.47. The predicted molar refractivity (Wildman–Crippen MR) is 139 cm³/mol. The topological polar surface area (TPSA) is 120 Å². The Hall–Kier alpha value is -4.59. The van der Waals surface area contributed by atoms with Gasteiger partial charge in [-0.3, -0.25) is 14.7 Å². The number of nitrogens with zero attached hydrogens (tertiary/aromatic N) is 8. The molecule has 3 heterocycles. The molecule has 14 heteroatoms. The van der Waals surface area contributed by atoms with Crippen LogP contribution in [0.15, 0.2) is 60.0 Å². The molecular formula is C26H28F2N8O4. The summed E-state index contributed by atoms with van der Waals surface area (Å²) in [6, 6.07) is 8.81. The van der Waals surface area contributed by atoms with Crippen molar-refractivity contribution in [2.75, 3.05) is 37.9 Å². The number of hydrogen-bond acceptors (Lipinski definition) is 9. The Balaban J connectivity index is 1.37. The van der Waals surface area contributed by atoms with Crippen molar-refractivity contribution in [1.82, 2.24) is 29.8 Å². The molecule has 3 aromatic rings. The van der Waals surface area contributed by atoms with Gasteiger partial charge in [0.1, 0.15) is 30.2 Å². The number of hydrogen-bond donors (Lipinski definition) is 1. The van der Waals surface area contributed by atoms with Gasteiger partial charge < -0.3 is 19.6 Å². The maximum Gasteiger partial charge on any atom is 0.324 e. The van der Waals surface area contributed by atoms with Gasteiger partial charge in [-0.25, -0.2) is 18.3 Å². The van der Waals surface area contributed by atoms with Crippen LogP contribution in [-0.4, -0.2) is 92.3 Å². The first-order valence-electron chi connectivity index (χ1n) is 12.5. The number of carbonyl (C=O) groups is 2. The quantitative estimate of drug-likeness (QED) is 0.400. The lowest BCUT2D eigenvalue weighted by Crippen LogP contribution is -2.55. The van der Waals surface area contributed by atoms with E-state index >= 15 is 4.39 Å². The number of benzene rings is 2. The molecule has 1 saturated heterocycles. The van der Waals surface area contributed by atoms with Gasteiger partial charge >= 0.3 is 12.0 Å². The lowest BCUT2D eigenvalue weighted by atomic mass is 9.85. The Morgan fingerprint density at radius 1 is 1.15 bits per heavy atom. The number of rotatable bonds is 9. The van der Waals surface area contributed by atoms with Crippen LogP contribution in [-0.2, 0) is 15.1 Å². The summed E-state index contributed by atoms with van der Waals surface area (Å²) in [5.41, 5.74) is -0.730. The lowest BCUT2D eigenvalue weighted by Gasteiger charge is -2.41. The molecule has 0 unspecified atom stereocenters. The number of anilines is 1.